The number of hydrogen-bond acceptors (Lipinski definition) is 2. The summed E-state index contributed by atoms with van der Waals surface area (Å²) in [6.07, 6.45) is 2.37. The van der Waals surface area contributed by atoms with Crippen LogP contribution in [0.25, 0.3) is 0 Å². The van der Waals surface area contributed by atoms with Crippen LogP contribution in [0, 0.1) is 6.92 Å². The van der Waals surface area contributed by atoms with Crippen LogP contribution in [0.1, 0.15) is 28.8 Å². The lowest BCUT2D eigenvalue weighted by atomic mass is 10.1. The first-order chi connectivity index (χ1) is 7.75. The molecule has 1 aromatic carbocycles. The molecule has 1 amide bonds. The van der Waals surface area contributed by atoms with Crippen molar-refractivity contribution in [3.63, 3.8) is 0 Å². The van der Waals surface area contributed by atoms with Crippen LogP contribution in [-0.2, 0) is 0 Å². The van der Waals surface area contributed by atoms with Gasteiger partial charge in [0.1, 0.15) is 0 Å². The van der Waals surface area contributed by atoms with Crippen molar-refractivity contribution in [2.45, 2.75) is 25.8 Å². The van der Waals surface area contributed by atoms with Gasteiger partial charge in [0.05, 0.1) is 0 Å². The zero-order valence-electron chi connectivity index (χ0n) is 9.62. The van der Waals surface area contributed by atoms with Crippen molar-refractivity contribution in [2.75, 3.05) is 13.1 Å². The van der Waals surface area contributed by atoms with E-state index in [2.05, 4.69) is 10.6 Å². The first-order valence-electron chi connectivity index (χ1n) is 5.84. The molecular formula is C13H18N2O. The van der Waals surface area contributed by atoms with Gasteiger partial charge in [0.25, 0.3) is 5.91 Å². The highest BCUT2D eigenvalue weighted by Gasteiger charge is 2.14. The number of carbonyl (C=O) groups excluding carboxylic acids is 1. The number of carbonyl (C=O) groups is 1. The second-order valence-electron chi connectivity index (χ2n) is 4.37. The average Bonchev–Trinajstić information content (AvgIpc) is 2.80. The molecule has 2 rings (SSSR count). The van der Waals surface area contributed by atoms with E-state index in [1.807, 2.05) is 31.2 Å². The summed E-state index contributed by atoms with van der Waals surface area (Å²) in [6.45, 7) is 3.82. The van der Waals surface area contributed by atoms with Crippen LogP contribution >= 0.6 is 0 Å². The molecule has 0 aromatic heterocycles. The molecular weight excluding hydrogens is 200 g/mol. The topological polar surface area (TPSA) is 41.1 Å². The van der Waals surface area contributed by atoms with E-state index in [0.29, 0.717) is 6.04 Å². The van der Waals surface area contributed by atoms with Crippen molar-refractivity contribution in [3.05, 3.63) is 35.4 Å². The summed E-state index contributed by atoms with van der Waals surface area (Å²) in [5.41, 5.74) is 1.91. The summed E-state index contributed by atoms with van der Waals surface area (Å²) in [7, 11) is 0. The maximum atomic E-state index is 11.8. The standard InChI is InChI=1S/C13H18N2O/c1-10-4-6-11(7-5-10)13(16)15-9-12-3-2-8-14-12/h4-7,12,14H,2-3,8-9H2,1H3,(H,15,16). The predicted octanol–water partition coefficient (Wildman–Crippen LogP) is 1.48. The average molecular weight is 218 g/mol. The molecule has 0 saturated carbocycles. The monoisotopic (exact) mass is 218 g/mol. The number of aryl methyl sites for hydroxylation is 1. The largest absolute Gasteiger partial charge is 0.350 e. The summed E-state index contributed by atoms with van der Waals surface area (Å²) in [6, 6.07) is 8.11. The Kier molecular flexibility index (Phi) is 3.57. The van der Waals surface area contributed by atoms with Crippen molar-refractivity contribution < 1.29 is 4.79 Å². The molecule has 0 bridgehead atoms. The van der Waals surface area contributed by atoms with Crippen LogP contribution in [0.2, 0.25) is 0 Å². The smallest absolute Gasteiger partial charge is 0.251 e. The van der Waals surface area contributed by atoms with Gasteiger partial charge >= 0.3 is 0 Å². The molecule has 1 fully saturated rings. The van der Waals surface area contributed by atoms with Gasteiger partial charge in [-0.2, -0.15) is 0 Å². The van der Waals surface area contributed by atoms with Crippen molar-refractivity contribution in [3.8, 4) is 0 Å². The molecule has 1 aliphatic heterocycles. The van der Waals surface area contributed by atoms with Crippen molar-refractivity contribution in [2.24, 2.45) is 0 Å². The molecule has 3 heteroatoms. The third-order valence-electron chi connectivity index (χ3n) is 2.99. The van der Waals surface area contributed by atoms with Gasteiger partial charge in [0, 0.05) is 18.2 Å². The van der Waals surface area contributed by atoms with E-state index in [-0.39, 0.29) is 5.91 Å². The highest BCUT2D eigenvalue weighted by Crippen LogP contribution is 2.05. The number of rotatable bonds is 3. The van der Waals surface area contributed by atoms with Crippen LogP contribution in [0.3, 0.4) is 0 Å². The van der Waals surface area contributed by atoms with E-state index >= 15 is 0 Å². The van der Waals surface area contributed by atoms with Crippen molar-refractivity contribution in [1.29, 1.82) is 0 Å². The van der Waals surface area contributed by atoms with E-state index in [0.717, 1.165) is 25.1 Å². The van der Waals surface area contributed by atoms with Crippen LogP contribution in [0.15, 0.2) is 24.3 Å². The SMILES string of the molecule is Cc1ccc(C(=O)NCC2CCCN2)cc1. The zero-order valence-corrected chi connectivity index (χ0v) is 9.62. The van der Waals surface area contributed by atoms with Gasteiger partial charge in [0.15, 0.2) is 0 Å². The summed E-state index contributed by atoms with van der Waals surface area (Å²) < 4.78 is 0. The fraction of sp³-hybridized carbons (Fsp3) is 0.462. The highest BCUT2D eigenvalue weighted by atomic mass is 16.1. The van der Waals surface area contributed by atoms with E-state index in [1.165, 1.54) is 12.0 Å². The Balaban J connectivity index is 1.85. The van der Waals surface area contributed by atoms with E-state index in [9.17, 15) is 4.79 Å². The molecule has 1 heterocycles. The number of amides is 1. The van der Waals surface area contributed by atoms with Gasteiger partial charge in [-0.15, -0.1) is 0 Å². The lowest BCUT2D eigenvalue weighted by Crippen LogP contribution is -2.37. The summed E-state index contributed by atoms with van der Waals surface area (Å²) in [5.74, 6) is 0.0219. The van der Waals surface area contributed by atoms with Gasteiger partial charge in [-0.1, -0.05) is 17.7 Å². The lowest BCUT2D eigenvalue weighted by Gasteiger charge is -2.11. The van der Waals surface area contributed by atoms with Gasteiger partial charge in [-0.3, -0.25) is 4.79 Å². The minimum atomic E-state index is 0.0219. The molecule has 2 N–H and O–H groups in total. The summed E-state index contributed by atoms with van der Waals surface area (Å²) >= 11 is 0. The molecule has 1 unspecified atom stereocenters. The minimum Gasteiger partial charge on any atom is -0.350 e. The third kappa shape index (κ3) is 2.83. The van der Waals surface area contributed by atoms with Gasteiger partial charge in [-0.25, -0.2) is 0 Å². The molecule has 16 heavy (non-hydrogen) atoms. The first kappa shape index (κ1) is 11.1. The minimum absolute atomic E-state index is 0.0219. The molecule has 1 saturated heterocycles. The molecule has 3 nitrogen and oxygen atoms in total. The third-order valence-corrected chi connectivity index (χ3v) is 2.99. The van der Waals surface area contributed by atoms with E-state index < -0.39 is 0 Å². The maximum Gasteiger partial charge on any atom is 0.251 e. The van der Waals surface area contributed by atoms with Crippen LogP contribution in [0.4, 0.5) is 0 Å². The normalized spacial score (nSPS) is 19.7. The van der Waals surface area contributed by atoms with Crippen LogP contribution in [0.5, 0.6) is 0 Å². The van der Waals surface area contributed by atoms with Gasteiger partial charge in [-0.05, 0) is 38.4 Å². The first-order valence-corrected chi connectivity index (χ1v) is 5.84. The Labute approximate surface area is 96.2 Å². The molecule has 0 spiro atoms. The molecule has 86 valence electrons. The highest BCUT2D eigenvalue weighted by molar-refractivity contribution is 5.94. The zero-order chi connectivity index (χ0) is 11.4. The summed E-state index contributed by atoms with van der Waals surface area (Å²) in [5, 5.41) is 6.32. The van der Waals surface area contributed by atoms with Crippen LogP contribution in [-0.4, -0.2) is 25.0 Å². The van der Waals surface area contributed by atoms with Gasteiger partial charge in [0.2, 0.25) is 0 Å². The van der Waals surface area contributed by atoms with E-state index in [4.69, 9.17) is 0 Å². The Bertz CT molecular complexity index is 353. The Morgan fingerprint density at radius 1 is 1.44 bits per heavy atom. The second-order valence-corrected chi connectivity index (χ2v) is 4.37. The molecule has 0 aliphatic carbocycles. The number of hydrogen-bond donors (Lipinski definition) is 2. The number of nitrogens with one attached hydrogen (secondary N) is 2. The summed E-state index contributed by atoms with van der Waals surface area (Å²) in [4.78, 5) is 11.8. The Morgan fingerprint density at radius 3 is 2.81 bits per heavy atom. The predicted molar refractivity (Wildman–Crippen MR) is 64.5 cm³/mol. The Hall–Kier alpha value is -1.35. The van der Waals surface area contributed by atoms with Crippen molar-refractivity contribution >= 4 is 5.91 Å². The van der Waals surface area contributed by atoms with E-state index in [1.54, 1.807) is 0 Å². The molecule has 1 aliphatic rings. The molecule has 1 aromatic rings. The number of benzene rings is 1. The molecule has 0 radical (unpaired) electrons. The Morgan fingerprint density at radius 2 is 2.19 bits per heavy atom. The fourth-order valence-electron chi connectivity index (χ4n) is 1.95. The second kappa shape index (κ2) is 5.12. The van der Waals surface area contributed by atoms with Crippen molar-refractivity contribution in [1.82, 2.24) is 10.6 Å². The maximum absolute atomic E-state index is 11.8. The van der Waals surface area contributed by atoms with Gasteiger partial charge < -0.3 is 10.6 Å². The fourth-order valence-corrected chi connectivity index (χ4v) is 1.95. The lowest BCUT2D eigenvalue weighted by molar-refractivity contribution is 0.0950. The van der Waals surface area contributed by atoms with Crippen LogP contribution < -0.4 is 10.6 Å². The quantitative estimate of drug-likeness (QED) is 0.806. The molecule has 1 atom stereocenters.